The van der Waals surface area contributed by atoms with Crippen molar-refractivity contribution in [1.29, 1.82) is 0 Å². The molecule has 6 nitrogen and oxygen atoms in total. The van der Waals surface area contributed by atoms with E-state index in [4.69, 9.17) is 16.3 Å². The van der Waals surface area contributed by atoms with Gasteiger partial charge in [-0.05, 0) is 13.8 Å². The van der Waals surface area contributed by atoms with Gasteiger partial charge in [0, 0.05) is 11.8 Å². The Morgan fingerprint density at radius 1 is 1.63 bits per heavy atom. The van der Waals surface area contributed by atoms with Crippen molar-refractivity contribution in [2.24, 2.45) is 0 Å². The summed E-state index contributed by atoms with van der Waals surface area (Å²) in [6.07, 6.45) is 1.26. The third kappa shape index (κ3) is 3.93. The van der Waals surface area contributed by atoms with Gasteiger partial charge in [0.25, 0.3) is 0 Å². The standard InChI is InChI=1S/C12H11ClN2O4/c1-3-19-10(16)6-4-5-9-7-14-12(13)11(8(9)2)15(17)18/h7H,3,6H2,1-2H3. The summed E-state index contributed by atoms with van der Waals surface area (Å²) in [7, 11) is 0. The van der Waals surface area contributed by atoms with Crippen molar-refractivity contribution < 1.29 is 14.5 Å². The van der Waals surface area contributed by atoms with Crippen molar-refractivity contribution in [1.82, 2.24) is 4.98 Å². The average molecular weight is 283 g/mol. The molecule has 0 aliphatic carbocycles. The first-order valence-corrected chi connectivity index (χ1v) is 5.79. The molecule has 0 N–H and O–H groups in total. The van der Waals surface area contributed by atoms with Gasteiger partial charge in [0.2, 0.25) is 5.15 Å². The molecule has 0 aliphatic heterocycles. The van der Waals surface area contributed by atoms with E-state index in [1.54, 1.807) is 6.92 Å². The van der Waals surface area contributed by atoms with E-state index >= 15 is 0 Å². The quantitative estimate of drug-likeness (QED) is 0.279. The number of hydrogen-bond acceptors (Lipinski definition) is 5. The van der Waals surface area contributed by atoms with Crippen molar-refractivity contribution in [3.63, 3.8) is 0 Å². The summed E-state index contributed by atoms with van der Waals surface area (Å²) in [5.74, 6) is 4.79. The van der Waals surface area contributed by atoms with E-state index in [2.05, 4.69) is 16.8 Å². The molecular weight excluding hydrogens is 272 g/mol. The summed E-state index contributed by atoms with van der Waals surface area (Å²) in [6, 6.07) is 0. The lowest BCUT2D eigenvalue weighted by molar-refractivity contribution is -0.385. The first kappa shape index (κ1) is 14.9. The summed E-state index contributed by atoms with van der Waals surface area (Å²) in [6.45, 7) is 3.51. The van der Waals surface area contributed by atoms with E-state index in [1.165, 1.54) is 13.1 Å². The van der Waals surface area contributed by atoms with Crippen LogP contribution in [0.25, 0.3) is 0 Å². The van der Waals surface area contributed by atoms with Gasteiger partial charge in [-0.3, -0.25) is 14.9 Å². The largest absolute Gasteiger partial charge is 0.465 e. The molecule has 1 aromatic heterocycles. The fourth-order valence-electron chi connectivity index (χ4n) is 1.32. The van der Waals surface area contributed by atoms with E-state index < -0.39 is 10.9 Å². The molecule has 1 rings (SSSR count). The summed E-state index contributed by atoms with van der Waals surface area (Å²) in [4.78, 5) is 25.0. The highest BCUT2D eigenvalue weighted by Crippen LogP contribution is 2.27. The van der Waals surface area contributed by atoms with Crippen LogP contribution in [0.1, 0.15) is 24.5 Å². The van der Waals surface area contributed by atoms with Gasteiger partial charge < -0.3 is 4.74 Å². The molecule has 1 heterocycles. The van der Waals surface area contributed by atoms with Crippen molar-refractivity contribution >= 4 is 23.3 Å². The second-order valence-corrected chi connectivity index (χ2v) is 3.83. The van der Waals surface area contributed by atoms with E-state index in [0.717, 1.165) is 0 Å². The maximum Gasteiger partial charge on any atom is 0.317 e. The second-order valence-electron chi connectivity index (χ2n) is 3.48. The minimum Gasteiger partial charge on any atom is -0.465 e. The molecule has 19 heavy (non-hydrogen) atoms. The molecule has 0 saturated carbocycles. The molecule has 0 aliphatic rings. The minimum atomic E-state index is -0.610. The van der Waals surface area contributed by atoms with Crippen LogP contribution in [0, 0.1) is 28.9 Å². The molecule has 1 aromatic rings. The smallest absolute Gasteiger partial charge is 0.317 e. The number of aromatic nitrogens is 1. The number of esters is 1. The average Bonchev–Trinajstić information content (AvgIpc) is 2.32. The predicted octanol–water partition coefficient (Wildman–Crippen LogP) is 2.26. The van der Waals surface area contributed by atoms with Gasteiger partial charge in [-0.2, -0.15) is 0 Å². The number of carbonyl (C=O) groups excluding carboxylic acids is 1. The van der Waals surface area contributed by atoms with Gasteiger partial charge in [-0.1, -0.05) is 23.4 Å². The van der Waals surface area contributed by atoms with Crippen LogP contribution in [0.15, 0.2) is 6.20 Å². The topological polar surface area (TPSA) is 82.3 Å². The van der Waals surface area contributed by atoms with E-state index in [-0.39, 0.29) is 23.9 Å². The molecular formula is C12H11ClN2O4. The van der Waals surface area contributed by atoms with Crippen LogP contribution >= 0.6 is 11.6 Å². The van der Waals surface area contributed by atoms with Crippen LogP contribution in [0.4, 0.5) is 5.69 Å². The Kier molecular flexibility index (Phi) is 5.27. The van der Waals surface area contributed by atoms with Crippen LogP contribution in [0.2, 0.25) is 5.15 Å². The Hall–Kier alpha value is -2.13. The summed E-state index contributed by atoms with van der Waals surface area (Å²) < 4.78 is 4.70. The third-order valence-corrected chi connectivity index (χ3v) is 2.48. The zero-order chi connectivity index (χ0) is 14.4. The lowest BCUT2D eigenvalue weighted by Gasteiger charge is -2.01. The van der Waals surface area contributed by atoms with E-state index in [0.29, 0.717) is 11.1 Å². The van der Waals surface area contributed by atoms with Gasteiger partial charge in [-0.25, -0.2) is 4.98 Å². The van der Waals surface area contributed by atoms with Crippen molar-refractivity contribution in [2.45, 2.75) is 20.3 Å². The monoisotopic (exact) mass is 282 g/mol. The molecule has 0 unspecified atom stereocenters. The van der Waals surface area contributed by atoms with E-state index in [1.807, 2.05) is 0 Å². The molecule has 0 saturated heterocycles. The lowest BCUT2D eigenvalue weighted by atomic mass is 10.1. The highest BCUT2D eigenvalue weighted by atomic mass is 35.5. The minimum absolute atomic E-state index is 0.0797. The molecule has 0 fully saturated rings. The Labute approximate surface area is 114 Å². The third-order valence-electron chi connectivity index (χ3n) is 2.21. The van der Waals surface area contributed by atoms with Crippen molar-refractivity contribution in [2.75, 3.05) is 6.61 Å². The SMILES string of the molecule is CCOC(=O)CC#Cc1cnc(Cl)c([N+](=O)[O-])c1C. The normalized spacial score (nSPS) is 9.42. The van der Waals surface area contributed by atoms with Gasteiger partial charge in [0.15, 0.2) is 0 Å². The highest BCUT2D eigenvalue weighted by molar-refractivity contribution is 6.31. The Bertz CT molecular complexity index is 575. The molecule has 100 valence electrons. The number of nitrogens with zero attached hydrogens (tertiary/aromatic N) is 2. The fraction of sp³-hybridized carbons (Fsp3) is 0.333. The zero-order valence-electron chi connectivity index (χ0n) is 10.4. The number of rotatable bonds is 3. The van der Waals surface area contributed by atoms with Gasteiger partial charge in [0.1, 0.15) is 6.42 Å². The maximum absolute atomic E-state index is 11.1. The predicted molar refractivity (Wildman–Crippen MR) is 68.8 cm³/mol. The van der Waals surface area contributed by atoms with Crippen molar-refractivity contribution in [3.8, 4) is 11.8 Å². The highest BCUT2D eigenvalue weighted by Gasteiger charge is 2.19. The molecule has 0 aromatic carbocycles. The molecule has 0 amide bonds. The Morgan fingerprint density at radius 3 is 2.89 bits per heavy atom. The summed E-state index contributed by atoms with van der Waals surface area (Å²) in [5.41, 5.74) is 0.409. The number of nitro groups is 1. The van der Waals surface area contributed by atoms with E-state index in [9.17, 15) is 14.9 Å². The molecule has 0 atom stereocenters. The first-order valence-electron chi connectivity index (χ1n) is 5.41. The van der Waals surface area contributed by atoms with Crippen molar-refractivity contribution in [3.05, 3.63) is 32.6 Å². The van der Waals surface area contributed by atoms with Crippen LogP contribution in [-0.4, -0.2) is 22.5 Å². The molecule has 0 spiro atoms. The lowest BCUT2D eigenvalue weighted by Crippen LogP contribution is -2.02. The number of hydrogen-bond donors (Lipinski definition) is 0. The number of halogens is 1. The van der Waals surface area contributed by atoms with Crippen LogP contribution < -0.4 is 0 Å². The van der Waals surface area contributed by atoms with Crippen LogP contribution in [-0.2, 0) is 9.53 Å². The summed E-state index contributed by atoms with van der Waals surface area (Å²) in [5, 5.41) is 10.6. The van der Waals surface area contributed by atoms with Gasteiger partial charge in [-0.15, -0.1) is 0 Å². The van der Waals surface area contributed by atoms with Gasteiger partial charge >= 0.3 is 11.7 Å². The van der Waals surface area contributed by atoms with Crippen LogP contribution in [0.5, 0.6) is 0 Å². The van der Waals surface area contributed by atoms with Crippen LogP contribution in [0.3, 0.4) is 0 Å². The molecule has 7 heteroatoms. The second kappa shape index (κ2) is 6.71. The first-order chi connectivity index (χ1) is 8.97. The fourth-order valence-corrected chi connectivity index (χ4v) is 1.58. The van der Waals surface area contributed by atoms with Gasteiger partial charge in [0.05, 0.1) is 17.1 Å². The number of pyridine rings is 1. The zero-order valence-corrected chi connectivity index (χ0v) is 11.2. The molecule has 0 bridgehead atoms. The molecule has 0 radical (unpaired) electrons. The Morgan fingerprint density at radius 2 is 2.32 bits per heavy atom. The number of carbonyl (C=O) groups is 1. The maximum atomic E-state index is 11.1. The number of ether oxygens (including phenoxy) is 1. The Balaban J connectivity index is 2.98. The summed E-state index contributed by atoms with van der Waals surface area (Å²) >= 11 is 5.65.